The van der Waals surface area contributed by atoms with Crippen molar-refractivity contribution < 1.29 is 18.7 Å². The van der Waals surface area contributed by atoms with E-state index in [0.29, 0.717) is 22.3 Å². The Morgan fingerprint density at radius 1 is 1.14 bits per heavy atom. The average Bonchev–Trinajstić information content (AvgIpc) is 2.89. The van der Waals surface area contributed by atoms with Crippen LogP contribution in [0.4, 0.5) is 4.39 Å². The predicted molar refractivity (Wildman–Crippen MR) is 78.0 cm³/mol. The molecule has 3 nitrogen and oxygen atoms in total. The van der Waals surface area contributed by atoms with E-state index in [1.165, 1.54) is 12.1 Å². The van der Waals surface area contributed by atoms with Gasteiger partial charge in [0.2, 0.25) is 0 Å². The van der Waals surface area contributed by atoms with Gasteiger partial charge in [-0.05, 0) is 54.4 Å². The highest BCUT2D eigenvalue weighted by atomic mass is 19.1. The van der Waals surface area contributed by atoms with Crippen LogP contribution in [0, 0.1) is 12.7 Å². The van der Waals surface area contributed by atoms with Gasteiger partial charge in [-0.25, -0.2) is 4.39 Å². The SMILES string of the molecule is COc1ccc(C(O)c2cc3cc(F)ccc3o2)cc1C. The van der Waals surface area contributed by atoms with Gasteiger partial charge in [-0.1, -0.05) is 6.07 Å². The Morgan fingerprint density at radius 3 is 2.67 bits per heavy atom. The second-order valence-corrected chi connectivity index (χ2v) is 4.96. The van der Waals surface area contributed by atoms with Gasteiger partial charge in [0, 0.05) is 5.39 Å². The molecule has 3 aromatic rings. The summed E-state index contributed by atoms with van der Waals surface area (Å²) in [6.45, 7) is 1.91. The predicted octanol–water partition coefficient (Wildman–Crippen LogP) is 3.97. The molecule has 0 aliphatic heterocycles. The van der Waals surface area contributed by atoms with Crippen molar-refractivity contribution >= 4 is 11.0 Å². The third-order valence-electron chi connectivity index (χ3n) is 3.50. The van der Waals surface area contributed by atoms with E-state index in [9.17, 15) is 9.50 Å². The van der Waals surface area contributed by atoms with Gasteiger partial charge in [0.15, 0.2) is 0 Å². The van der Waals surface area contributed by atoms with Gasteiger partial charge in [0.05, 0.1) is 7.11 Å². The number of aliphatic hydroxyl groups excluding tert-OH is 1. The van der Waals surface area contributed by atoms with E-state index in [-0.39, 0.29) is 5.82 Å². The number of hydrogen-bond donors (Lipinski definition) is 1. The quantitative estimate of drug-likeness (QED) is 0.792. The summed E-state index contributed by atoms with van der Waals surface area (Å²) in [4.78, 5) is 0. The molecular formula is C17H15FO3. The Balaban J connectivity index is 1.99. The first-order valence-electron chi connectivity index (χ1n) is 6.60. The van der Waals surface area contributed by atoms with Crippen LogP contribution in [0.15, 0.2) is 46.9 Å². The molecule has 1 unspecified atom stereocenters. The molecular weight excluding hydrogens is 271 g/mol. The maximum absolute atomic E-state index is 13.2. The topological polar surface area (TPSA) is 42.6 Å². The Morgan fingerprint density at radius 2 is 1.95 bits per heavy atom. The molecule has 1 N–H and O–H groups in total. The summed E-state index contributed by atoms with van der Waals surface area (Å²) in [7, 11) is 1.60. The van der Waals surface area contributed by atoms with Crippen molar-refractivity contribution in [1.82, 2.24) is 0 Å². The van der Waals surface area contributed by atoms with Gasteiger partial charge < -0.3 is 14.3 Å². The number of fused-ring (bicyclic) bond motifs is 1. The largest absolute Gasteiger partial charge is 0.496 e. The van der Waals surface area contributed by atoms with E-state index in [1.54, 1.807) is 31.4 Å². The highest BCUT2D eigenvalue weighted by molar-refractivity contribution is 5.78. The highest BCUT2D eigenvalue weighted by Gasteiger charge is 2.17. The lowest BCUT2D eigenvalue weighted by Gasteiger charge is -2.11. The molecule has 1 atom stereocenters. The zero-order valence-electron chi connectivity index (χ0n) is 11.8. The maximum atomic E-state index is 13.2. The van der Waals surface area contributed by atoms with Crippen molar-refractivity contribution in [2.75, 3.05) is 7.11 Å². The molecule has 4 heteroatoms. The lowest BCUT2D eigenvalue weighted by Crippen LogP contribution is -1.99. The first-order chi connectivity index (χ1) is 10.1. The molecule has 1 aromatic heterocycles. The van der Waals surface area contributed by atoms with Gasteiger partial charge in [-0.3, -0.25) is 0 Å². The van der Waals surface area contributed by atoms with Crippen LogP contribution in [0.3, 0.4) is 0 Å². The molecule has 0 radical (unpaired) electrons. The van der Waals surface area contributed by atoms with E-state index in [1.807, 2.05) is 13.0 Å². The lowest BCUT2D eigenvalue weighted by atomic mass is 10.0. The van der Waals surface area contributed by atoms with Crippen LogP contribution in [-0.4, -0.2) is 12.2 Å². The Labute approximate surface area is 121 Å². The second kappa shape index (κ2) is 5.22. The monoisotopic (exact) mass is 286 g/mol. The van der Waals surface area contributed by atoms with Gasteiger partial charge in [0.1, 0.15) is 29.0 Å². The summed E-state index contributed by atoms with van der Waals surface area (Å²) in [6, 6.07) is 11.4. The molecule has 108 valence electrons. The molecule has 0 spiro atoms. The van der Waals surface area contributed by atoms with Crippen molar-refractivity contribution in [1.29, 1.82) is 0 Å². The molecule has 0 bridgehead atoms. The molecule has 0 aliphatic rings. The van der Waals surface area contributed by atoms with Gasteiger partial charge >= 0.3 is 0 Å². The van der Waals surface area contributed by atoms with E-state index in [4.69, 9.17) is 9.15 Å². The van der Waals surface area contributed by atoms with E-state index in [2.05, 4.69) is 0 Å². The molecule has 0 aliphatic carbocycles. The van der Waals surface area contributed by atoms with Crippen LogP contribution < -0.4 is 4.74 Å². The normalized spacial score (nSPS) is 12.6. The second-order valence-electron chi connectivity index (χ2n) is 4.96. The van der Waals surface area contributed by atoms with Crippen molar-refractivity contribution in [2.45, 2.75) is 13.0 Å². The Bertz CT molecular complexity index is 792. The summed E-state index contributed by atoms with van der Waals surface area (Å²) in [5.41, 5.74) is 2.18. The summed E-state index contributed by atoms with van der Waals surface area (Å²) in [6.07, 6.45) is -0.898. The van der Waals surface area contributed by atoms with Crippen molar-refractivity contribution in [3.63, 3.8) is 0 Å². The molecule has 2 aromatic carbocycles. The molecule has 1 heterocycles. The standard InChI is InChI=1S/C17H15FO3/c1-10-7-11(3-5-14(10)20-2)17(19)16-9-12-8-13(18)4-6-15(12)21-16/h3-9,17,19H,1-2H3. The number of hydrogen-bond acceptors (Lipinski definition) is 3. The number of methoxy groups -OCH3 is 1. The van der Waals surface area contributed by atoms with Crippen molar-refractivity contribution in [3.8, 4) is 5.75 Å². The van der Waals surface area contributed by atoms with E-state index in [0.717, 1.165) is 11.3 Å². The third-order valence-corrected chi connectivity index (χ3v) is 3.50. The highest BCUT2D eigenvalue weighted by Crippen LogP contribution is 2.30. The maximum Gasteiger partial charge on any atom is 0.138 e. The van der Waals surface area contributed by atoms with Crippen LogP contribution in [0.1, 0.15) is 23.0 Å². The van der Waals surface area contributed by atoms with Gasteiger partial charge in [-0.2, -0.15) is 0 Å². The third kappa shape index (κ3) is 2.50. The fraction of sp³-hybridized carbons (Fsp3) is 0.176. The first kappa shape index (κ1) is 13.6. The van der Waals surface area contributed by atoms with E-state index >= 15 is 0 Å². The number of aryl methyl sites for hydroxylation is 1. The minimum Gasteiger partial charge on any atom is -0.496 e. The molecule has 3 rings (SSSR count). The zero-order chi connectivity index (χ0) is 15.0. The number of halogens is 1. The molecule has 0 saturated carbocycles. The fourth-order valence-electron chi connectivity index (χ4n) is 2.41. The van der Waals surface area contributed by atoms with Crippen LogP contribution in [0.5, 0.6) is 5.75 Å². The average molecular weight is 286 g/mol. The summed E-state index contributed by atoms with van der Waals surface area (Å²) in [5, 5.41) is 11.1. The Hall–Kier alpha value is -2.33. The molecule has 0 fully saturated rings. The summed E-state index contributed by atoms with van der Waals surface area (Å²) >= 11 is 0. The Kier molecular flexibility index (Phi) is 3.39. The minimum absolute atomic E-state index is 0.329. The summed E-state index contributed by atoms with van der Waals surface area (Å²) in [5.74, 6) is 0.822. The van der Waals surface area contributed by atoms with Gasteiger partial charge in [-0.15, -0.1) is 0 Å². The first-order valence-corrected chi connectivity index (χ1v) is 6.60. The van der Waals surface area contributed by atoms with Crippen molar-refractivity contribution in [2.24, 2.45) is 0 Å². The fourth-order valence-corrected chi connectivity index (χ4v) is 2.41. The molecule has 0 saturated heterocycles. The van der Waals surface area contributed by atoms with E-state index < -0.39 is 6.10 Å². The molecule has 21 heavy (non-hydrogen) atoms. The smallest absolute Gasteiger partial charge is 0.138 e. The number of ether oxygens (including phenoxy) is 1. The molecule has 0 amide bonds. The number of furan rings is 1. The summed E-state index contributed by atoms with van der Waals surface area (Å²) < 4.78 is 24.0. The number of rotatable bonds is 3. The van der Waals surface area contributed by atoms with Crippen molar-refractivity contribution in [3.05, 3.63) is 65.2 Å². The minimum atomic E-state index is -0.898. The van der Waals surface area contributed by atoms with Crippen LogP contribution >= 0.6 is 0 Å². The number of benzene rings is 2. The van der Waals surface area contributed by atoms with Gasteiger partial charge in [0.25, 0.3) is 0 Å². The van der Waals surface area contributed by atoms with Crippen LogP contribution in [-0.2, 0) is 0 Å². The van der Waals surface area contributed by atoms with Crippen LogP contribution in [0.25, 0.3) is 11.0 Å². The lowest BCUT2D eigenvalue weighted by molar-refractivity contribution is 0.192. The number of aliphatic hydroxyl groups is 1. The van der Waals surface area contributed by atoms with Crippen LogP contribution in [0.2, 0.25) is 0 Å². The zero-order valence-corrected chi connectivity index (χ0v) is 11.8.